The predicted octanol–water partition coefficient (Wildman–Crippen LogP) is 1.89. The van der Waals surface area contributed by atoms with Crippen LogP contribution in [0.15, 0.2) is 18.6 Å². The fraction of sp³-hybridized carbons (Fsp3) is 0.500. The number of amides is 1. The van der Waals surface area contributed by atoms with Gasteiger partial charge in [-0.1, -0.05) is 19.3 Å². The maximum absolute atomic E-state index is 12.1. The highest BCUT2D eigenvalue weighted by molar-refractivity contribution is 5.96. The molecule has 0 saturated heterocycles. The molecule has 1 N–H and O–H groups in total. The second-order valence-electron chi connectivity index (χ2n) is 4.30. The van der Waals surface area contributed by atoms with E-state index in [2.05, 4.69) is 21.4 Å². The average Bonchev–Trinajstić information content (AvgIpc) is 2.40. The van der Waals surface area contributed by atoms with Crippen LogP contribution >= 0.6 is 0 Å². The lowest BCUT2D eigenvalue weighted by Crippen LogP contribution is -2.37. The van der Waals surface area contributed by atoms with Gasteiger partial charge in [-0.15, -0.1) is 0 Å². The van der Waals surface area contributed by atoms with Crippen LogP contribution in [0.4, 0.5) is 5.82 Å². The first-order chi connectivity index (χ1) is 8.27. The lowest BCUT2D eigenvalue weighted by atomic mass is 9.74. The molecule has 1 amide bonds. The van der Waals surface area contributed by atoms with Crippen LogP contribution in [-0.4, -0.2) is 15.9 Å². The Hall–Kier alpha value is -1.96. The lowest BCUT2D eigenvalue weighted by molar-refractivity contribution is -0.124. The van der Waals surface area contributed by atoms with E-state index in [-0.39, 0.29) is 5.91 Å². The first-order valence-electron chi connectivity index (χ1n) is 5.76. The largest absolute Gasteiger partial charge is 0.308 e. The van der Waals surface area contributed by atoms with E-state index in [1.807, 2.05) is 0 Å². The van der Waals surface area contributed by atoms with Crippen LogP contribution in [0.5, 0.6) is 0 Å². The van der Waals surface area contributed by atoms with Gasteiger partial charge in [-0.25, -0.2) is 4.98 Å². The molecule has 2 rings (SSSR count). The summed E-state index contributed by atoms with van der Waals surface area (Å²) >= 11 is 0. The van der Waals surface area contributed by atoms with Crippen molar-refractivity contribution in [3.63, 3.8) is 0 Å². The Balaban J connectivity index is 2.11. The summed E-state index contributed by atoms with van der Waals surface area (Å²) in [5, 5.41) is 11.9. The van der Waals surface area contributed by atoms with Crippen LogP contribution in [0, 0.1) is 16.7 Å². The summed E-state index contributed by atoms with van der Waals surface area (Å²) in [6.45, 7) is 0. The van der Waals surface area contributed by atoms with Crippen LogP contribution < -0.4 is 5.32 Å². The molecule has 88 valence electrons. The van der Waals surface area contributed by atoms with Gasteiger partial charge in [0.15, 0.2) is 5.82 Å². The highest BCUT2D eigenvalue weighted by atomic mass is 16.2. The molecule has 17 heavy (non-hydrogen) atoms. The number of rotatable bonds is 2. The number of anilines is 1. The van der Waals surface area contributed by atoms with E-state index in [0.29, 0.717) is 18.7 Å². The molecule has 5 nitrogen and oxygen atoms in total. The standard InChI is InChI=1S/C12H14N4O/c13-9-12(4-2-1-3-5-12)11(17)16-10-8-14-6-7-15-10/h6-8H,1-5H2,(H,15,16,17). The second-order valence-corrected chi connectivity index (χ2v) is 4.30. The Morgan fingerprint density at radius 3 is 2.71 bits per heavy atom. The summed E-state index contributed by atoms with van der Waals surface area (Å²) in [5.74, 6) is 0.151. The van der Waals surface area contributed by atoms with E-state index in [0.717, 1.165) is 19.3 Å². The van der Waals surface area contributed by atoms with Crippen molar-refractivity contribution < 1.29 is 4.79 Å². The van der Waals surface area contributed by atoms with E-state index in [1.165, 1.54) is 18.6 Å². The Bertz CT molecular complexity index is 432. The van der Waals surface area contributed by atoms with Gasteiger partial charge in [-0.2, -0.15) is 5.26 Å². The molecule has 0 bridgehead atoms. The fourth-order valence-electron chi connectivity index (χ4n) is 2.14. The Kier molecular flexibility index (Phi) is 3.33. The Labute approximate surface area is 99.9 Å². The van der Waals surface area contributed by atoms with Crippen LogP contribution in [0.3, 0.4) is 0 Å². The highest BCUT2D eigenvalue weighted by Crippen LogP contribution is 2.36. The molecule has 5 heteroatoms. The third-order valence-corrected chi connectivity index (χ3v) is 3.16. The molecule has 0 unspecified atom stereocenters. The summed E-state index contributed by atoms with van der Waals surface area (Å²) in [4.78, 5) is 20.0. The minimum atomic E-state index is -0.879. The molecule has 0 spiro atoms. The van der Waals surface area contributed by atoms with Crippen LogP contribution in [0.1, 0.15) is 32.1 Å². The number of hydrogen-bond acceptors (Lipinski definition) is 4. The molecule has 1 heterocycles. The summed E-state index contributed by atoms with van der Waals surface area (Å²) in [6, 6.07) is 2.18. The van der Waals surface area contributed by atoms with Gasteiger partial charge in [-0.3, -0.25) is 9.78 Å². The third-order valence-electron chi connectivity index (χ3n) is 3.16. The molecule has 1 fully saturated rings. The van der Waals surface area contributed by atoms with E-state index < -0.39 is 5.41 Å². The number of nitrogens with zero attached hydrogens (tertiary/aromatic N) is 3. The molecular weight excluding hydrogens is 216 g/mol. The summed E-state index contributed by atoms with van der Waals surface area (Å²) in [7, 11) is 0. The van der Waals surface area contributed by atoms with Gasteiger partial charge in [0, 0.05) is 12.4 Å². The fourth-order valence-corrected chi connectivity index (χ4v) is 2.14. The summed E-state index contributed by atoms with van der Waals surface area (Å²) < 4.78 is 0. The smallest absolute Gasteiger partial charge is 0.246 e. The molecule has 0 aliphatic heterocycles. The van der Waals surface area contributed by atoms with Crippen molar-refractivity contribution in [2.24, 2.45) is 5.41 Å². The molecular formula is C12H14N4O. The van der Waals surface area contributed by atoms with Crippen LogP contribution in [-0.2, 0) is 4.79 Å². The molecule has 1 aliphatic rings. The van der Waals surface area contributed by atoms with Crippen molar-refractivity contribution in [3.05, 3.63) is 18.6 Å². The maximum atomic E-state index is 12.1. The Morgan fingerprint density at radius 2 is 2.12 bits per heavy atom. The number of carbonyl (C=O) groups excluding carboxylic acids is 1. The average molecular weight is 230 g/mol. The zero-order valence-corrected chi connectivity index (χ0v) is 9.52. The topological polar surface area (TPSA) is 78.7 Å². The van der Waals surface area contributed by atoms with Gasteiger partial charge in [0.2, 0.25) is 5.91 Å². The molecule has 1 saturated carbocycles. The van der Waals surface area contributed by atoms with Gasteiger partial charge >= 0.3 is 0 Å². The predicted molar refractivity (Wildman–Crippen MR) is 61.8 cm³/mol. The maximum Gasteiger partial charge on any atom is 0.246 e. The molecule has 1 aliphatic carbocycles. The second kappa shape index (κ2) is 4.91. The van der Waals surface area contributed by atoms with Crippen molar-refractivity contribution in [2.45, 2.75) is 32.1 Å². The first-order valence-corrected chi connectivity index (χ1v) is 5.76. The Morgan fingerprint density at radius 1 is 1.35 bits per heavy atom. The third kappa shape index (κ3) is 2.41. The molecule has 1 aromatic rings. The van der Waals surface area contributed by atoms with Crippen molar-refractivity contribution in [2.75, 3.05) is 5.32 Å². The zero-order chi connectivity index (χ0) is 12.1. The molecule has 0 atom stereocenters. The van der Waals surface area contributed by atoms with Gasteiger partial charge in [-0.05, 0) is 12.8 Å². The van der Waals surface area contributed by atoms with E-state index in [4.69, 9.17) is 0 Å². The normalized spacial score (nSPS) is 18.1. The minimum absolute atomic E-state index is 0.250. The van der Waals surface area contributed by atoms with Gasteiger partial charge in [0.1, 0.15) is 5.41 Å². The minimum Gasteiger partial charge on any atom is -0.308 e. The SMILES string of the molecule is N#CC1(C(=O)Nc2cnccn2)CCCCC1. The first kappa shape index (κ1) is 11.5. The molecule has 0 radical (unpaired) electrons. The van der Waals surface area contributed by atoms with Gasteiger partial charge in [0.25, 0.3) is 0 Å². The van der Waals surface area contributed by atoms with E-state index in [1.54, 1.807) is 0 Å². The monoisotopic (exact) mass is 230 g/mol. The number of nitriles is 1. The van der Waals surface area contributed by atoms with Crippen LogP contribution in [0.2, 0.25) is 0 Å². The van der Waals surface area contributed by atoms with Crippen molar-refractivity contribution in [3.8, 4) is 6.07 Å². The van der Waals surface area contributed by atoms with E-state index in [9.17, 15) is 10.1 Å². The lowest BCUT2D eigenvalue weighted by Gasteiger charge is -2.28. The van der Waals surface area contributed by atoms with Crippen molar-refractivity contribution >= 4 is 11.7 Å². The zero-order valence-electron chi connectivity index (χ0n) is 9.52. The highest BCUT2D eigenvalue weighted by Gasteiger charge is 2.39. The van der Waals surface area contributed by atoms with Crippen molar-refractivity contribution in [1.29, 1.82) is 5.26 Å². The quantitative estimate of drug-likeness (QED) is 0.841. The summed E-state index contributed by atoms with van der Waals surface area (Å²) in [5.41, 5.74) is -0.879. The van der Waals surface area contributed by atoms with Gasteiger partial charge in [0.05, 0.1) is 12.3 Å². The number of nitrogens with one attached hydrogen (secondary N) is 1. The van der Waals surface area contributed by atoms with Crippen molar-refractivity contribution in [1.82, 2.24) is 9.97 Å². The molecule has 1 aromatic heterocycles. The van der Waals surface area contributed by atoms with Crippen LogP contribution in [0.25, 0.3) is 0 Å². The van der Waals surface area contributed by atoms with Gasteiger partial charge < -0.3 is 5.32 Å². The number of aromatic nitrogens is 2. The number of carbonyl (C=O) groups is 1. The summed E-state index contributed by atoms with van der Waals surface area (Å²) in [6.07, 6.45) is 8.76. The van der Waals surface area contributed by atoms with E-state index >= 15 is 0 Å². The molecule has 0 aromatic carbocycles. The number of hydrogen-bond donors (Lipinski definition) is 1.